The number of halogens is 1. The predicted octanol–water partition coefficient (Wildman–Crippen LogP) is 3.36. The monoisotopic (exact) mass is 376 g/mol. The highest BCUT2D eigenvalue weighted by atomic mass is 127. The number of hydrogen-bond acceptors (Lipinski definition) is 2. The topological polar surface area (TPSA) is 34.9 Å². The quantitative estimate of drug-likeness (QED) is 0.643. The molecule has 0 aliphatic rings. The van der Waals surface area contributed by atoms with Crippen molar-refractivity contribution in [1.29, 1.82) is 0 Å². The molecule has 0 bridgehead atoms. The van der Waals surface area contributed by atoms with E-state index in [1.807, 2.05) is 24.3 Å². The van der Waals surface area contributed by atoms with Crippen LogP contribution in [-0.4, -0.2) is 9.55 Å². The Morgan fingerprint density at radius 3 is 2.55 bits per heavy atom. The van der Waals surface area contributed by atoms with E-state index in [9.17, 15) is 4.79 Å². The maximum absolute atomic E-state index is 12.4. The first-order chi connectivity index (χ1) is 9.65. The summed E-state index contributed by atoms with van der Waals surface area (Å²) in [7, 11) is 0. The van der Waals surface area contributed by atoms with E-state index in [4.69, 9.17) is 0 Å². The molecule has 0 N–H and O–H groups in total. The van der Waals surface area contributed by atoms with Gasteiger partial charge in [0, 0.05) is 3.57 Å². The fraction of sp³-hybridized carbons (Fsp3) is 0.125. The first kappa shape index (κ1) is 13.3. The van der Waals surface area contributed by atoms with Gasteiger partial charge in [0.2, 0.25) is 0 Å². The molecular formula is C16H13IN2O. The van der Waals surface area contributed by atoms with Crippen LogP contribution in [0.2, 0.25) is 0 Å². The molecule has 4 heteroatoms. The zero-order valence-electron chi connectivity index (χ0n) is 11.0. The number of para-hydroxylation sites is 2. The number of aryl methyl sites for hydroxylation is 1. The lowest BCUT2D eigenvalue weighted by Gasteiger charge is -2.11. The Bertz CT molecular complexity index is 822. The molecule has 0 aliphatic carbocycles. The summed E-state index contributed by atoms with van der Waals surface area (Å²) in [5, 5.41) is 0. The smallest absolute Gasteiger partial charge is 0.272 e. The molecule has 2 aromatic carbocycles. The van der Waals surface area contributed by atoms with Gasteiger partial charge in [0.25, 0.3) is 5.56 Å². The van der Waals surface area contributed by atoms with Gasteiger partial charge in [0.1, 0.15) is 5.69 Å². The van der Waals surface area contributed by atoms with Gasteiger partial charge in [0.05, 0.1) is 17.6 Å². The van der Waals surface area contributed by atoms with Gasteiger partial charge in [-0.15, -0.1) is 0 Å². The van der Waals surface area contributed by atoms with Crippen LogP contribution < -0.4 is 5.56 Å². The van der Waals surface area contributed by atoms with Crippen LogP contribution in [0.1, 0.15) is 11.3 Å². The average molecular weight is 376 g/mol. The van der Waals surface area contributed by atoms with Crippen LogP contribution in [0.4, 0.5) is 0 Å². The summed E-state index contributed by atoms with van der Waals surface area (Å²) in [4.78, 5) is 16.7. The Balaban J connectivity index is 2.17. The Hall–Kier alpha value is -1.69. The summed E-state index contributed by atoms with van der Waals surface area (Å²) < 4.78 is 2.98. The molecule has 3 nitrogen and oxygen atoms in total. The van der Waals surface area contributed by atoms with Gasteiger partial charge in [-0.2, -0.15) is 0 Å². The summed E-state index contributed by atoms with van der Waals surface area (Å²) in [6, 6.07) is 16.0. The van der Waals surface area contributed by atoms with E-state index in [0.717, 1.165) is 16.6 Å². The van der Waals surface area contributed by atoms with E-state index in [1.54, 1.807) is 11.5 Å². The molecule has 0 radical (unpaired) electrons. The highest BCUT2D eigenvalue weighted by Crippen LogP contribution is 2.13. The van der Waals surface area contributed by atoms with Crippen molar-refractivity contribution in [3.05, 3.63) is 73.7 Å². The number of hydrogen-bond donors (Lipinski definition) is 0. The van der Waals surface area contributed by atoms with Crippen LogP contribution in [-0.2, 0) is 6.54 Å². The summed E-state index contributed by atoms with van der Waals surface area (Å²) in [5.74, 6) is 0. The highest BCUT2D eigenvalue weighted by molar-refractivity contribution is 14.1. The zero-order chi connectivity index (χ0) is 14.1. The zero-order valence-corrected chi connectivity index (χ0v) is 13.2. The molecule has 1 aromatic heterocycles. The normalized spacial score (nSPS) is 10.9. The second-order valence-electron chi connectivity index (χ2n) is 4.70. The molecule has 20 heavy (non-hydrogen) atoms. The molecule has 1 heterocycles. The maximum atomic E-state index is 12.4. The third-order valence-electron chi connectivity index (χ3n) is 3.27. The third kappa shape index (κ3) is 2.47. The van der Waals surface area contributed by atoms with Gasteiger partial charge in [-0.05, 0) is 59.3 Å². The van der Waals surface area contributed by atoms with Crippen molar-refractivity contribution >= 4 is 33.6 Å². The summed E-state index contributed by atoms with van der Waals surface area (Å²) >= 11 is 2.28. The lowest BCUT2D eigenvalue weighted by atomic mass is 10.2. The highest BCUT2D eigenvalue weighted by Gasteiger charge is 2.08. The van der Waals surface area contributed by atoms with Gasteiger partial charge >= 0.3 is 0 Å². The second kappa shape index (κ2) is 5.36. The number of benzene rings is 2. The van der Waals surface area contributed by atoms with Crippen LogP contribution in [0.3, 0.4) is 0 Å². The van der Waals surface area contributed by atoms with Crippen molar-refractivity contribution in [1.82, 2.24) is 9.55 Å². The van der Waals surface area contributed by atoms with Gasteiger partial charge in [-0.3, -0.25) is 4.79 Å². The molecule has 0 spiro atoms. The van der Waals surface area contributed by atoms with E-state index in [0.29, 0.717) is 12.2 Å². The molecule has 0 unspecified atom stereocenters. The number of fused-ring (bicyclic) bond motifs is 1. The van der Waals surface area contributed by atoms with Crippen molar-refractivity contribution in [3.8, 4) is 0 Å². The molecule has 0 atom stereocenters. The van der Waals surface area contributed by atoms with E-state index in [2.05, 4.69) is 51.8 Å². The molecule has 0 amide bonds. The fourth-order valence-electron chi connectivity index (χ4n) is 2.25. The number of aromatic nitrogens is 2. The summed E-state index contributed by atoms with van der Waals surface area (Å²) in [5.41, 5.74) is 3.36. The molecule has 0 fully saturated rings. The van der Waals surface area contributed by atoms with Crippen molar-refractivity contribution in [3.63, 3.8) is 0 Å². The third-order valence-corrected chi connectivity index (χ3v) is 3.99. The van der Waals surface area contributed by atoms with Crippen molar-refractivity contribution in [2.24, 2.45) is 0 Å². The molecule has 100 valence electrons. The van der Waals surface area contributed by atoms with Gasteiger partial charge in [-0.25, -0.2) is 4.98 Å². The molecule has 0 saturated carbocycles. The van der Waals surface area contributed by atoms with Crippen LogP contribution in [0.25, 0.3) is 11.0 Å². The van der Waals surface area contributed by atoms with Crippen molar-refractivity contribution in [2.75, 3.05) is 0 Å². The minimum atomic E-state index is -0.0257. The Labute approximate surface area is 130 Å². The van der Waals surface area contributed by atoms with Gasteiger partial charge in [-0.1, -0.05) is 24.3 Å². The molecule has 3 rings (SSSR count). The van der Waals surface area contributed by atoms with E-state index in [1.165, 1.54) is 3.57 Å². The van der Waals surface area contributed by atoms with E-state index < -0.39 is 0 Å². The largest absolute Gasteiger partial charge is 0.301 e. The van der Waals surface area contributed by atoms with Crippen molar-refractivity contribution < 1.29 is 0 Å². The predicted molar refractivity (Wildman–Crippen MR) is 89.0 cm³/mol. The van der Waals surface area contributed by atoms with Crippen molar-refractivity contribution in [2.45, 2.75) is 13.5 Å². The molecular weight excluding hydrogens is 363 g/mol. The fourth-order valence-corrected chi connectivity index (χ4v) is 2.61. The number of rotatable bonds is 2. The lowest BCUT2D eigenvalue weighted by Crippen LogP contribution is -2.24. The first-order valence-corrected chi connectivity index (χ1v) is 7.43. The molecule has 0 aliphatic heterocycles. The lowest BCUT2D eigenvalue weighted by molar-refractivity contribution is 0.776. The average Bonchev–Trinajstić information content (AvgIpc) is 2.46. The summed E-state index contributed by atoms with van der Waals surface area (Å²) in [6.45, 7) is 2.33. The minimum absolute atomic E-state index is 0.0257. The van der Waals surface area contributed by atoms with E-state index in [-0.39, 0.29) is 5.56 Å². The molecule has 0 saturated heterocycles. The van der Waals surface area contributed by atoms with Crippen LogP contribution in [0.5, 0.6) is 0 Å². The molecule has 3 aromatic rings. The van der Waals surface area contributed by atoms with E-state index >= 15 is 0 Å². The first-order valence-electron chi connectivity index (χ1n) is 6.36. The summed E-state index contributed by atoms with van der Waals surface area (Å²) in [6.07, 6.45) is 0. The maximum Gasteiger partial charge on any atom is 0.272 e. The minimum Gasteiger partial charge on any atom is -0.301 e. The Morgan fingerprint density at radius 1 is 1.10 bits per heavy atom. The van der Waals surface area contributed by atoms with Crippen LogP contribution in [0, 0.1) is 10.5 Å². The Kier molecular flexibility index (Phi) is 3.56. The van der Waals surface area contributed by atoms with Crippen LogP contribution in [0.15, 0.2) is 53.3 Å². The van der Waals surface area contributed by atoms with Gasteiger partial charge < -0.3 is 4.57 Å². The Morgan fingerprint density at radius 2 is 1.80 bits per heavy atom. The number of nitrogens with zero attached hydrogens (tertiary/aromatic N) is 2. The van der Waals surface area contributed by atoms with Crippen LogP contribution >= 0.6 is 22.6 Å². The second-order valence-corrected chi connectivity index (χ2v) is 5.95. The van der Waals surface area contributed by atoms with Gasteiger partial charge in [0.15, 0.2) is 0 Å². The standard InChI is InChI=1S/C16H13IN2O/c1-11-16(20)19(10-12-6-8-13(17)9-7-12)15-5-3-2-4-14(15)18-11/h2-9H,10H2,1H3. The SMILES string of the molecule is Cc1nc2ccccc2n(Cc2ccc(I)cc2)c1=O.